The average molecular weight is 391 g/mol. The number of amides is 1. The highest BCUT2D eigenvalue weighted by Crippen LogP contribution is 2.23. The van der Waals surface area contributed by atoms with Crippen LogP contribution in [0.1, 0.15) is 38.4 Å². The van der Waals surface area contributed by atoms with Crippen LogP contribution in [0.4, 0.5) is 0 Å². The zero-order valence-corrected chi connectivity index (χ0v) is 17.2. The van der Waals surface area contributed by atoms with E-state index in [-0.39, 0.29) is 5.91 Å². The van der Waals surface area contributed by atoms with Crippen LogP contribution in [-0.2, 0) is 11.2 Å². The summed E-state index contributed by atoms with van der Waals surface area (Å²) in [7, 11) is 0. The SMILES string of the molecule is CCCN(C(=O)CCc1nc2ccccc2n1-c1ccccc1)C1CCNCC1. The van der Waals surface area contributed by atoms with Gasteiger partial charge >= 0.3 is 0 Å². The predicted octanol–water partition coefficient (Wildman–Crippen LogP) is 3.95. The van der Waals surface area contributed by atoms with Crippen LogP contribution in [0, 0.1) is 0 Å². The second kappa shape index (κ2) is 9.23. The lowest BCUT2D eigenvalue weighted by atomic mass is 10.0. The number of aryl methyl sites for hydroxylation is 1. The van der Waals surface area contributed by atoms with Gasteiger partial charge in [-0.2, -0.15) is 0 Å². The standard InChI is InChI=1S/C24H30N4O/c1-2-18-27(19-14-16-25-17-15-19)24(29)13-12-23-26-21-10-6-7-11-22(21)28(23)20-8-4-3-5-9-20/h3-11,19,25H,2,12-18H2,1H3. The lowest BCUT2D eigenvalue weighted by Crippen LogP contribution is -2.46. The number of carbonyl (C=O) groups is 1. The maximum Gasteiger partial charge on any atom is 0.223 e. The monoisotopic (exact) mass is 390 g/mol. The fraction of sp³-hybridized carbons (Fsp3) is 0.417. The molecule has 2 aromatic carbocycles. The summed E-state index contributed by atoms with van der Waals surface area (Å²) >= 11 is 0. The molecule has 1 aliphatic heterocycles. The fourth-order valence-corrected chi connectivity index (χ4v) is 4.34. The molecule has 0 unspecified atom stereocenters. The average Bonchev–Trinajstić information content (AvgIpc) is 3.15. The summed E-state index contributed by atoms with van der Waals surface area (Å²) in [4.78, 5) is 20.1. The van der Waals surface area contributed by atoms with Crippen molar-refractivity contribution in [1.29, 1.82) is 0 Å². The molecule has 4 rings (SSSR count). The first-order valence-electron chi connectivity index (χ1n) is 10.8. The van der Waals surface area contributed by atoms with Crippen LogP contribution in [-0.4, -0.2) is 46.0 Å². The molecule has 152 valence electrons. The molecule has 0 spiro atoms. The van der Waals surface area contributed by atoms with Crippen LogP contribution >= 0.6 is 0 Å². The minimum atomic E-state index is 0.255. The minimum absolute atomic E-state index is 0.255. The van der Waals surface area contributed by atoms with E-state index in [2.05, 4.69) is 39.9 Å². The van der Waals surface area contributed by atoms with Gasteiger partial charge in [-0.1, -0.05) is 37.3 Å². The summed E-state index contributed by atoms with van der Waals surface area (Å²) < 4.78 is 2.19. The number of rotatable bonds is 7. The third-order valence-electron chi connectivity index (χ3n) is 5.74. The topological polar surface area (TPSA) is 50.2 Å². The molecule has 0 atom stereocenters. The molecule has 2 heterocycles. The smallest absolute Gasteiger partial charge is 0.223 e. The Balaban J connectivity index is 1.56. The summed E-state index contributed by atoms with van der Waals surface area (Å²) in [6.45, 7) is 5.00. The van der Waals surface area contributed by atoms with E-state index >= 15 is 0 Å². The van der Waals surface area contributed by atoms with E-state index < -0.39 is 0 Å². The molecule has 1 N–H and O–H groups in total. The third-order valence-corrected chi connectivity index (χ3v) is 5.74. The molecule has 1 aromatic heterocycles. The van der Waals surface area contributed by atoms with Crippen molar-refractivity contribution in [3.05, 3.63) is 60.4 Å². The molecule has 1 aliphatic rings. The molecule has 0 aliphatic carbocycles. The summed E-state index contributed by atoms with van der Waals surface area (Å²) in [5.41, 5.74) is 3.15. The molecular formula is C24H30N4O. The lowest BCUT2D eigenvalue weighted by molar-refractivity contribution is -0.134. The summed E-state index contributed by atoms with van der Waals surface area (Å²) in [6.07, 6.45) is 4.24. The second-order valence-corrected chi connectivity index (χ2v) is 7.76. The highest BCUT2D eigenvalue weighted by molar-refractivity contribution is 5.79. The Kier molecular flexibility index (Phi) is 6.25. The van der Waals surface area contributed by atoms with Crippen molar-refractivity contribution in [2.75, 3.05) is 19.6 Å². The Morgan fingerprint density at radius 1 is 1.10 bits per heavy atom. The maximum atomic E-state index is 13.1. The van der Waals surface area contributed by atoms with Gasteiger partial charge < -0.3 is 10.2 Å². The maximum absolute atomic E-state index is 13.1. The van der Waals surface area contributed by atoms with Gasteiger partial charge in [0, 0.05) is 31.1 Å². The van der Waals surface area contributed by atoms with Crippen molar-refractivity contribution in [1.82, 2.24) is 19.8 Å². The van der Waals surface area contributed by atoms with E-state index in [9.17, 15) is 4.79 Å². The summed E-state index contributed by atoms with van der Waals surface area (Å²) in [6, 6.07) is 18.9. The van der Waals surface area contributed by atoms with E-state index in [1.54, 1.807) is 0 Å². The Morgan fingerprint density at radius 2 is 1.83 bits per heavy atom. The number of para-hydroxylation sites is 3. The van der Waals surface area contributed by atoms with Crippen molar-refractivity contribution in [3.63, 3.8) is 0 Å². The second-order valence-electron chi connectivity index (χ2n) is 7.76. The number of hydrogen-bond acceptors (Lipinski definition) is 3. The number of piperidine rings is 1. The summed E-state index contributed by atoms with van der Waals surface area (Å²) in [5, 5.41) is 3.40. The predicted molar refractivity (Wildman–Crippen MR) is 117 cm³/mol. The molecule has 0 saturated carbocycles. The third kappa shape index (κ3) is 4.35. The number of aromatic nitrogens is 2. The van der Waals surface area contributed by atoms with Gasteiger partial charge in [-0.25, -0.2) is 4.98 Å². The van der Waals surface area contributed by atoms with Gasteiger partial charge in [0.15, 0.2) is 0 Å². The van der Waals surface area contributed by atoms with Crippen LogP contribution in [0.15, 0.2) is 54.6 Å². The largest absolute Gasteiger partial charge is 0.340 e. The zero-order chi connectivity index (χ0) is 20.1. The van der Waals surface area contributed by atoms with E-state index in [0.29, 0.717) is 18.9 Å². The van der Waals surface area contributed by atoms with E-state index in [0.717, 1.165) is 61.4 Å². The Morgan fingerprint density at radius 3 is 2.59 bits per heavy atom. The molecule has 29 heavy (non-hydrogen) atoms. The lowest BCUT2D eigenvalue weighted by Gasteiger charge is -2.34. The van der Waals surface area contributed by atoms with E-state index in [1.165, 1.54) is 0 Å². The van der Waals surface area contributed by atoms with E-state index in [1.807, 2.05) is 36.4 Å². The number of nitrogens with zero attached hydrogens (tertiary/aromatic N) is 3. The van der Waals surface area contributed by atoms with Crippen molar-refractivity contribution in [3.8, 4) is 5.69 Å². The van der Waals surface area contributed by atoms with Crippen molar-refractivity contribution in [2.24, 2.45) is 0 Å². The number of fused-ring (bicyclic) bond motifs is 1. The molecule has 0 radical (unpaired) electrons. The van der Waals surface area contributed by atoms with Crippen molar-refractivity contribution in [2.45, 2.75) is 45.1 Å². The first-order valence-corrected chi connectivity index (χ1v) is 10.8. The molecule has 1 fully saturated rings. The number of nitrogens with one attached hydrogen (secondary N) is 1. The normalized spacial score (nSPS) is 14.9. The van der Waals surface area contributed by atoms with Gasteiger partial charge in [-0.15, -0.1) is 0 Å². The first kappa shape index (κ1) is 19.6. The van der Waals surface area contributed by atoms with Gasteiger partial charge in [-0.05, 0) is 56.6 Å². The number of carbonyl (C=O) groups excluding carboxylic acids is 1. The number of benzene rings is 2. The minimum Gasteiger partial charge on any atom is -0.340 e. The number of hydrogen-bond donors (Lipinski definition) is 1. The van der Waals surface area contributed by atoms with Gasteiger partial charge in [-0.3, -0.25) is 9.36 Å². The molecule has 5 heteroatoms. The van der Waals surface area contributed by atoms with Crippen LogP contribution in [0.2, 0.25) is 0 Å². The Labute approximate surface area is 172 Å². The van der Waals surface area contributed by atoms with Gasteiger partial charge in [0.25, 0.3) is 0 Å². The van der Waals surface area contributed by atoms with E-state index in [4.69, 9.17) is 4.98 Å². The van der Waals surface area contributed by atoms with Crippen LogP contribution in [0.25, 0.3) is 16.7 Å². The number of imidazole rings is 1. The molecule has 0 bridgehead atoms. The molecule has 1 amide bonds. The summed E-state index contributed by atoms with van der Waals surface area (Å²) in [5.74, 6) is 1.21. The molecule has 5 nitrogen and oxygen atoms in total. The van der Waals surface area contributed by atoms with Crippen LogP contribution in [0.5, 0.6) is 0 Å². The highest BCUT2D eigenvalue weighted by Gasteiger charge is 2.25. The quantitative estimate of drug-likeness (QED) is 0.665. The van der Waals surface area contributed by atoms with Crippen molar-refractivity contribution >= 4 is 16.9 Å². The van der Waals surface area contributed by atoms with Crippen molar-refractivity contribution < 1.29 is 4.79 Å². The van der Waals surface area contributed by atoms with Gasteiger partial charge in [0.05, 0.1) is 11.0 Å². The molecule has 1 saturated heterocycles. The van der Waals surface area contributed by atoms with Gasteiger partial charge in [0.2, 0.25) is 5.91 Å². The molecular weight excluding hydrogens is 360 g/mol. The van der Waals surface area contributed by atoms with Crippen LogP contribution in [0.3, 0.4) is 0 Å². The Hall–Kier alpha value is -2.66. The zero-order valence-electron chi connectivity index (χ0n) is 17.2. The Bertz CT molecular complexity index is 944. The van der Waals surface area contributed by atoms with Crippen LogP contribution < -0.4 is 5.32 Å². The highest BCUT2D eigenvalue weighted by atomic mass is 16.2. The fourth-order valence-electron chi connectivity index (χ4n) is 4.34. The van der Waals surface area contributed by atoms with Gasteiger partial charge in [0.1, 0.15) is 5.82 Å². The first-order chi connectivity index (χ1) is 14.3. The molecule has 3 aromatic rings.